The van der Waals surface area contributed by atoms with Crippen LogP contribution in [0.4, 0.5) is 17.2 Å². The van der Waals surface area contributed by atoms with E-state index in [9.17, 15) is 14.9 Å². The molecule has 4 aromatic rings. The molecule has 0 unspecified atom stereocenters. The number of nitrogens with zero attached hydrogens (tertiary/aromatic N) is 6. The molecule has 158 valence electrons. The predicted molar refractivity (Wildman–Crippen MR) is 119 cm³/mol. The largest absolute Gasteiger partial charge is 0.283 e. The summed E-state index contributed by atoms with van der Waals surface area (Å²) in [5.41, 5.74) is 5.35. The van der Waals surface area contributed by atoms with Crippen molar-refractivity contribution in [3.63, 3.8) is 0 Å². The number of amides is 1. The van der Waals surface area contributed by atoms with E-state index >= 15 is 0 Å². The third-order valence-electron chi connectivity index (χ3n) is 4.52. The molecule has 0 saturated carbocycles. The highest BCUT2D eigenvalue weighted by atomic mass is 16.6. The van der Waals surface area contributed by atoms with E-state index in [-0.39, 0.29) is 5.69 Å². The molecule has 2 heterocycles. The number of aryl methyl sites for hydroxylation is 1. The lowest BCUT2D eigenvalue weighted by Gasteiger charge is -2.00. The number of azo groups is 1. The summed E-state index contributed by atoms with van der Waals surface area (Å²) >= 11 is 0. The van der Waals surface area contributed by atoms with Gasteiger partial charge in [-0.2, -0.15) is 5.10 Å². The Bertz CT molecular complexity index is 1360. The lowest BCUT2D eigenvalue weighted by molar-refractivity contribution is -0.384. The zero-order valence-corrected chi connectivity index (χ0v) is 16.9. The van der Waals surface area contributed by atoms with Gasteiger partial charge in [-0.05, 0) is 43.3 Å². The molecule has 1 N–H and O–H groups in total. The summed E-state index contributed by atoms with van der Waals surface area (Å²) in [4.78, 5) is 27.0. The fourth-order valence-electron chi connectivity index (χ4n) is 2.95. The molecule has 4 rings (SSSR count). The maximum atomic E-state index is 12.3. The highest BCUT2D eigenvalue weighted by Gasteiger charge is 2.08. The van der Waals surface area contributed by atoms with Gasteiger partial charge in [0.05, 0.1) is 22.5 Å². The van der Waals surface area contributed by atoms with Crippen molar-refractivity contribution in [2.75, 3.05) is 0 Å². The number of nitrogens with one attached hydrogen (secondary N) is 1. The number of carbonyl (C=O) groups is 1. The first-order valence-corrected chi connectivity index (χ1v) is 9.54. The number of fused-ring (bicyclic) bond motifs is 1. The van der Waals surface area contributed by atoms with E-state index in [1.54, 1.807) is 36.4 Å². The van der Waals surface area contributed by atoms with Gasteiger partial charge < -0.3 is 0 Å². The topological polar surface area (TPSA) is 127 Å². The molecule has 0 atom stereocenters. The van der Waals surface area contributed by atoms with Crippen LogP contribution in [0.2, 0.25) is 0 Å². The molecule has 2 aromatic heterocycles. The Kier molecular flexibility index (Phi) is 5.75. The van der Waals surface area contributed by atoms with Crippen LogP contribution in [0.5, 0.6) is 0 Å². The minimum Gasteiger partial charge on any atom is -0.283 e. The van der Waals surface area contributed by atoms with Gasteiger partial charge in [0.25, 0.3) is 11.6 Å². The normalized spacial score (nSPS) is 11.4. The van der Waals surface area contributed by atoms with E-state index < -0.39 is 10.8 Å². The second-order valence-electron chi connectivity index (χ2n) is 6.75. The molecular weight excluding hydrogens is 410 g/mol. The van der Waals surface area contributed by atoms with Gasteiger partial charge in [-0.15, -0.1) is 10.2 Å². The predicted octanol–water partition coefficient (Wildman–Crippen LogP) is 4.73. The number of pyridine rings is 1. The maximum Gasteiger partial charge on any atom is 0.271 e. The summed E-state index contributed by atoms with van der Waals surface area (Å²) in [5.74, 6) is 0.214. The third-order valence-corrected chi connectivity index (χ3v) is 4.52. The van der Waals surface area contributed by atoms with Crippen molar-refractivity contribution in [2.24, 2.45) is 15.3 Å². The smallest absolute Gasteiger partial charge is 0.271 e. The molecule has 0 aliphatic carbocycles. The SMILES string of the molecule is Cc1nc2ccccn2c1N=Nc1ccc(C(=O)N/N=C/c2cccc([N+](=O)[O-])c2)cc1. The Morgan fingerprint density at radius 1 is 1.09 bits per heavy atom. The van der Waals surface area contributed by atoms with Gasteiger partial charge >= 0.3 is 0 Å². The van der Waals surface area contributed by atoms with Crippen LogP contribution in [-0.2, 0) is 0 Å². The lowest BCUT2D eigenvalue weighted by atomic mass is 10.2. The molecule has 0 radical (unpaired) electrons. The van der Waals surface area contributed by atoms with Crippen molar-refractivity contribution in [3.8, 4) is 0 Å². The van der Waals surface area contributed by atoms with Crippen LogP contribution >= 0.6 is 0 Å². The van der Waals surface area contributed by atoms with Gasteiger partial charge in [0.1, 0.15) is 5.65 Å². The van der Waals surface area contributed by atoms with Crippen molar-refractivity contribution in [1.82, 2.24) is 14.8 Å². The molecule has 0 aliphatic rings. The van der Waals surface area contributed by atoms with Crippen molar-refractivity contribution in [2.45, 2.75) is 6.92 Å². The summed E-state index contributed by atoms with van der Waals surface area (Å²) in [6.07, 6.45) is 3.21. The minimum absolute atomic E-state index is 0.0517. The zero-order valence-electron chi connectivity index (χ0n) is 16.9. The molecule has 32 heavy (non-hydrogen) atoms. The van der Waals surface area contributed by atoms with Crippen LogP contribution in [0.3, 0.4) is 0 Å². The Morgan fingerprint density at radius 2 is 1.91 bits per heavy atom. The van der Waals surface area contributed by atoms with Crippen LogP contribution in [0.25, 0.3) is 5.65 Å². The van der Waals surface area contributed by atoms with Crippen molar-refractivity contribution < 1.29 is 9.72 Å². The Morgan fingerprint density at radius 3 is 2.69 bits per heavy atom. The minimum atomic E-state index is -0.494. The van der Waals surface area contributed by atoms with Gasteiger partial charge in [-0.25, -0.2) is 10.4 Å². The Balaban J connectivity index is 1.41. The molecule has 0 saturated heterocycles. The number of imidazole rings is 1. The summed E-state index contributed by atoms with van der Waals surface area (Å²) in [7, 11) is 0. The summed E-state index contributed by atoms with van der Waals surface area (Å²) in [6.45, 7) is 1.86. The molecule has 0 bridgehead atoms. The zero-order chi connectivity index (χ0) is 22.5. The summed E-state index contributed by atoms with van der Waals surface area (Å²) < 4.78 is 1.85. The first-order chi connectivity index (χ1) is 15.5. The van der Waals surface area contributed by atoms with E-state index in [1.807, 2.05) is 35.7 Å². The van der Waals surface area contributed by atoms with Crippen LogP contribution < -0.4 is 5.43 Å². The molecule has 0 fully saturated rings. The number of hydrogen-bond donors (Lipinski definition) is 1. The van der Waals surface area contributed by atoms with Crippen LogP contribution in [0, 0.1) is 17.0 Å². The van der Waals surface area contributed by atoms with E-state index in [2.05, 4.69) is 25.7 Å². The van der Waals surface area contributed by atoms with Crippen LogP contribution in [0.15, 0.2) is 88.3 Å². The van der Waals surface area contributed by atoms with Gasteiger partial charge in [-0.1, -0.05) is 18.2 Å². The molecular formula is C22H17N7O3. The molecule has 2 aromatic carbocycles. The van der Waals surface area contributed by atoms with E-state index in [4.69, 9.17) is 0 Å². The Labute approximate surface area is 182 Å². The number of hydrazone groups is 1. The maximum absolute atomic E-state index is 12.3. The standard InChI is InChI=1S/C22H17N7O3/c1-15-21(28-12-3-2-7-20(28)24-15)26-25-18-10-8-17(9-11-18)22(30)27-23-14-16-5-4-6-19(13-16)29(31)32/h2-14H,1H3,(H,27,30)/b23-14+,26-25?. The fraction of sp³-hybridized carbons (Fsp3) is 0.0455. The second-order valence-corrected chi connectivity index (χ2v) is 6.75. The Hall–Kier alpha value is -4.73. The quantitative estimate of drug-likeness (QED) is 0.206. The lowest BCUT2D eigenvalue weighted by Crippen LogP contribution is -2.17. The third kappa shape index (κ3) is 4.54. The van der Waals surface area contributed by atoms with Gasteiger partial charge in [0.2, 0.25) is 0 Å². The fourth-order valence-corrected chi connectivity index (χ4v) is 2.95. The molecule has 10 nitrogen and oxygen atoms in total. The first kappa shape index (κ1) is 20.5. The number of nitro groups is 1. The number of aromatic nitrogens is 2. The van der Waals surface area contributed by atoms with Gasteiger partial charge in [-0.3, -0.25) is 19.3 Å². The van der Waals surface area contributed by atoms with Gasteiger partial charge in [0.15, 0.2) is 5.82 Å². The van der Waals surface area contributed by atoms with E-state index in [1.165, 1.54) is 18.3 Å². The van der Waals surface area contributed by atoms with E-state index in [0.29, 0.717) is 22.6 Å². The number of nitro benzene ring substituents is 1. The summed E-state index contributed by atoms with van der Waals surface area (Å²) in [6, 6.07) is 18.2. The monoisotopic (exact) mass is 427 g/mol. The van der Waals surface area contributed by atoms with Crippen molar-refractivity contribution in [3.05, 3.63) is 99.9 Å². The number of hydrogen-bond acceptors (Lipinski definition) is 7. The highest BCUT2D eigenvalue weighted by Crippen LogP contribution is 2.23. The van der Waals surface area contributed by atoms with Crippen molar-refractivity contribution >= 4 is 35.0 Å². The molecule has 0 aliphatic heterocycles. The van der Waals surface area contributed by atoms with Gasteiger partial charge in [0, 0.05) is 29.5 Å². The summed E-state index contributed by atoms with van der Waals surface area (Å²) in [5, 5.41) is 23.2. The molecule has 0 spiro atoms. The van der Waals surface area contributed by atoms with Crippen LogP contribution in [-0.4, -0.2) is 26.4 Å². The highest BCUT2D eigenvalue weighted by molar-refractivity contribution is 5.95. The number of carbonyl (C=O) groups excluding carboxylic acids is 1. The number of benzene rings is 2. The average Bonchev–Trinajstić information content (AvgIpc) is 3.13. The average molecular weight is 427 g/mol. The van der Waals surface area contributed by atoms with Crippen LogP contribution in [0.1, 0.15) is 21.6 Å². The molecule has 10 heteroatoms. The van der Waals surface area contributed by atoms with Crippen molar-refractivity contribution in [1.29, 1.82) is 0 Å². The first-order valence-electron chi connectivity index (χ1n) is 9.54. The molecule has 1 amide bonds. The number of non-ortho nitro benzene ring substituents is 1. The number of rotatable bonds is 6. The van der Waals surface area contributed by atoms with E-state index in [0.717, 1.165) is 11.3 Å². The second kappa shape index (κ2) is 8.96.